The summed E-state index contributed by atoms with van der Waals surface area (Å²) in [6.45, 7) is 0.275. The number of benzene rings is 2. The molecule has 28 heavy (non-hydrogen) atoms. The Bertz CT molecular complexity index is 1050. The highest BCUT2D eigenvalue weighted by Crippen LogP contribution is 2.18. The third-order valence-electron chi connectivity index (χ3n) is 4.07. The highest BCUT2D eigenvalue weighted by Gasteiger charge is 2.14. The molecule has 3 rings (SSSR count). The van der Waals surface area contributed by atoms with Crippen LogP contribution < -0.4 is 16.2 Å². The number of hydrogen-bond donors (Lipinski definition) is 2. The molecule has 0 unspecified atom stereocenters. The summed E-state index contributed by atoms with van der Waals surface area (Å²) in [7, 11) is 1.50. The molecule has 144 valence electrons. The molecule has 1 heterocycles. The Morgan fingerprint density at radius 1 is 1.04 bits per heavy atom. The molecule has 0 saturated heterocycles. The molecule has 0 aliphatic carbocycles. The number of amides is 2. The highest BCUT2D eigenvalue weighted by molar-refractivity contribution is 7.99. The maximum absolute atomic E-state index is 13.0. The zero-order chi connectivity index (χ0) is 19.9. The molecule has 0 radical (unpaired) electrons. The first-order valence-electron chi connectivity index (χ1n) is 8.72. The van der Waals surface area contributed by atoms with Gasteiger partial charge in [-0.25, -0.2) is 4.98 Å². The van der Waals surface area contributed by atoms with E-state index < -0.39 is 0 Å². The summed E-state index contributed by atoms with van der Waals surface area (Å²) >= 11 is 1.17. The first-order chi connectivity index (χ1) is 13.6. The predicted molar refractivity (Wildman–Crippen MR) is 109 cm³/mol. The van der Waals surface area contributed by atoms with Crippen molar-refractivity contribution in [2.75, 3.05) is 19.3 Å². The molecule has 0 fully saturated rings. The molecule has 2 amide bonds. The molecule has 0 saturated carbocycles. The van der Waals surface area contributed by atoms with Crippen LogP contribution in [0.15, 0.2) is 64.5 Å². The lowest BCUT2D eigenvalue weighted by Gasteiger charge is -2.13. The number of hydrogen-bond acceptors (Lipinski definition) is 5. The zero-order valence-corrected chi connectivity index (χ0v) is 16.2. The summed E-state index contributed by atoms with van der Waals surface area (Å²) < 4.78 is 1.58. The van der Waals surface area contributed by atoms with E-state index in [0.717, 1.165) is 5.56 Å². The molecule has 2 aromatic carbocycles. The van der Waals surface area contributed by atoms with Crippen LogP contribution in [0, 0.1) is 0 Å². The lowest BCUT2D eigenvalue weighted by molar-refractivity contribution is -0.124. The van der Waals surface area contributed by atoms with Gasteiger partial charge in [-0.3, -0.25) is 19.0 Å². The second-order valence-electron chi connectivity index (χ2n) is 6.03. The lowest BCUT2D eigenvalue weighted by Crippen LogP contribution is -2.36. The van der Waals surface area contributed by atoms with Crippen molar-refractivity contribution in [2.45, 2.75) is 11.7 Å². The molecule has 0 aliphatic rings. The molecular formula is C20H20N4O3S. The van der Waals surface area contributed by atoms with E-state index >= 15 is 0 Å². The Morgan fingerprint density at radius 3 is 2.50 bits per heavy atom. The maximum atomic E-state index is 13.0. The Morgan fingerprint density at radius 2 is 1.75 bits per heavy atom. The van der Waals surface area contributed by atoms with Gasteiger partial charge < -0.3 is 10.6 Å². The summed E-state index contributed by atoms with van der Waals surface area (Å²) in [5.74, 6) is -0.526. The van der Waals surface area contributed by atoms with E-state index in [1.807, 2.05) is 36.4 Å². The minimum atomic E-state index is -0.303. The lowest BCUT2D eigenvalue weighted by atomic mass is 10.2. The van der Waals surface area contributed by atoms with E-state index in [9.17, 15) is 14.4 Å². The van der Waals surface area contributed by atoms with Crippen molar-refractivity contribution < 1.29 is 9.59 Å². The number of para-hydroxylation sites is 1. The van der Waals surface area contributed by atoms with Crippen LogP contribution in [0.5, 0.6) is 0 Å². The van der Waals surface area contributed by atoms with Crippen LogP contribution >= 0.6 is 11.8 Å². The largest absolute Gasteiger partial charge is 0.358 e. The number of rotatable bonds is 7. The molecule has 8 heteroatoms. The van der Waals surface area contributed by atoms with Crippen LogP contribution in [0.25, 0.3) is 10.9 Å². The Balaban J connectivity index is 1.87. The van der Waals surface area contributed by atoms with E-state index in [1.54, 1.807) is 22.8 Å². The molecule has 2 N–H and O–H groups in total. The molecular weight excluding hydrogens is 376 g/mol. The normalized spacial score (nSPS) is 10.6. The van der Waals surface area contributed by atoms with Gasteiger partial charge in [0, 0.05) is 7.05 Å². The Kier molecular flexibility index (Phi) is 6.44. The van der Waals surface area contributed by atoms with Crippen molar-refractivity contribution in [3.63, 3.8) is 0 Å². The van der Waals surface area contributed by atoms with Crippen LogP contribution in [0.2, 0.25) is 0 Å². The van der Waals surface area contributed by atoms with Gasteiger partial charge in [0.25, 0.3) is 5.56 Å². The number of carbonyl (C=O) groups is 2. The minimum absolute atomic E-state index is 0.0521. The number of fused-ring (bicyclic) bond motifs is 1. The number of carbonyl (C=O) groups excluding carboxylic acids is 2. The monoisotopic (exact) mass is 396 g/mol. The van der Waals surface area contributed by atoms with Gasteiger partial charge in [0.1, 0.15) is 0 Å². The maximum Gasteiger partial charge on any atom is 0.262 e. The van der Waals surface area contributed by atoms with Crippen molar-refractivity contribution >= 4 is 34.5 Å². The molecule has 0 atom stereocenters. The number of likely N-dealkylation sites (N-methyl/N-ethyl adjacent to an activating group) is 1. The molecule has 3 aromatic rings. The van der Waals surface area contributed by atoms with Crippen molar-refractivity contribution in [1.82, 2.24) is 20.2 Å². The molecule has 0 bridgehead atoms. The number of aromatic nitrogens is 2. The van der Waals surface area contributed by atoms with Crippen LogP contribution in [0.3, 0.4) is 0 Å². The topological polar surface area (TPSA) is 93.1 Å². The number of thioether (sulfide) groups is 1. The standard InChI is InChI=1S/C20H20N4O3S/c1-21-17(25)11-22-18(26)13-28-20-23-16-10-6-5-9-15(16)19(27)24(20)12-14-7-3-2-4-8-14/h2-10H,11-13H2,1H3,(H,21,25)(H,22,26). The quantitative estimate of drug-likeness (QED) is 0.465. The van der Waals surface area contributed by atoms with Gasteiger partial charge in [0.05, 0.1) is 29.7 Å². The van der Waals surface area contributed by atoms with Crippen molar-refractivity contribution in [2.24, 2.45) is 0 Å². The number of nitrogens with one attached hydrogen (secondary N) is 2. The fraction of sp³-hybridized carbons (Fsp3) is 0.200. The van der Waals surface area contributed by atoms with E-state index in [-0.39, 0.29) is 29.7 Å². The van der Waals surface area contributed by atoms with E-state index in [4.69, 9.17) is 0 Å². The average Bonchev–Trinajstić information content (AvgIpc) is 2.73. The van der Waals surface area contributed by atoms with Gasteiger partial charge in [-0.15, -0.1) is 0 Å². The summed E-state index contributed by atoms with van der Waals surface area (Å²) in [6.07, 6.45) is 0. The molecule has 0 spiro atoms. The van der Waals surface area contributed by atoms with Crippen LogP contribution in [-0.2, 0) is 16.1 Å². The van der Waals surface area contributed by atoms with Gasteiger partial charge in [-0.2, -0.15) is 0 Å². The number of nitrogens with zero attached hydrogens (tertiary/aromatic N) is 2. The average molecular weight is 396 g/mol. The fourth-order valence-corrected chi connectivity index (χ4v) is 3.44. The first-order valence-corrected chi connectivity index (χ1v) is 9.70. The van der Waals surface area contributed by atoms with Gasteiger partial charge >= 0.3 is 0 Å². The summed E-state index contributed by atoms with van der Waals surface area (Å²) in [5.41, 5.74) is 1.40. The van der Waals surface area contributed by atoms with E-state index in [2.05, 4.69) is 15.6 Å². The third-order valence-corrected chi connectivity index (χ3v) is 5.04. The first kappa shape index (κ1) is 19.6. The minimum Gasteiger partial charge on any atom is -0.358 e. The van der Waals surface area contributed by atoms with Crippen LogP contribution in [0.1, 0.15) is 5.56 Å². The van der Waals surface area contributed by atoms with Crippen LogP contribution in [-0.4, -0.2) is 40.7 Å². The summed E-state index contributed by atoms with van der Waals surface area (Å²) in [4.78, 5) is 40.9. The Labute approximate surface area is 166 Å². The van der Waals surface area contributed by atoms with Gasteiger partial charge in [0.15, 0.2) is 5.16 Å². The predicted octanol–water partition coefficient (Wildman–Crippen LogP) is 1.40. The fourth-order valence-electron chi connectivity index (χ4n) is 2.61. The van der Waals surface area contributed by atoms with E-state index in [0.29, 0.717) is 22.6 Å². The smallest absolute Gasteiger partial charge is 0.262 e. The van der Waals surface area contributed by atoms with Crippen molar-refractivity contribution in [3.05, 3.63) is 70.5 Å². The van der Waals surface area contributed by atoms with Crippen molar-refractivity contribution in [3.8, 4) is 0 Å². The van der Waals surface area contributed by atoms with Crippen LogP contribution in [0.4, 0.5) is 0 Å². The molecule has 7 nitrogen and oxygen atoms in total. The zero-order valence-electron chi connectivity index (χ0n) is 15.3. The van der Waals surface area contributed by atoms with Gasteiger partial charge in [0.2, 0.25) is 11.8 Å². The summed E-state index contributed by atoms with van der Waals surface area (Å²) in [5, 5.41) is 5.97. The SMILES string of the molecule is CNC(=O)CNC(=O)CSc1nc2ccccc2c(=O)n1Cc1ccccc1. The molecule has 1 aromatic heterocycles. The van der Waals surface area contributed by atoms with E-state index in [1.165, 1.54) is 18.8 Å². The van der Waals surface area contributed by atoms with Gasteiger partial charge in [-0.05, 0) is 17.7 Å². The molecule has 0 aliphatic heterocycles. The van der Waals surface area contributed by atoms with Gasteiger partial charge in [-0.1, -0.05) is 54.2 Å². The third kappa shape index (κ3) is 4.77. The summed E-state index contributed by atoms with van der Waals surface area (Å²) in [6, 6.07) is 16.8. The second kappa shape index (κ2) is 9.18. The van der Waals surface area contributed by atoms with Crippen molar-refractivity contribution in [1.29, 1.82) is 0 Å². The highest BCUT2D eigenvalue weighted by atomic mass is 32.2. The Hall–Kier alpha value is -3.13. The second-order valence-corrected chi connectivity index (χ2v) is 6.97.